The average Bonchev–Trinajstić information content (AvgIpc) is 2.77. The second-order valence-electron chi connectivity index (χ2n) is 8.14. The Morgan fingerprint density at radius 1 is 1.27 bits per heavy atom. The zero-order valence-corrected chi connectivity index (χ0v) is 16.2. The van der Waals surface area contributed by atoms with E-state index in [-0.39, 0.29) is 24.2 Å². The van der Waals surface area contributed by atoms with Crippen LogP contribution in [0.3, 0.4) is 0 Å². The second kappa shape index (κ2) is 6.95. The molecule has 0 aliphatic carbocycles. The first-order chi connectivity index (χ1) is 12.1. The summed E-state index contributed by atoms with van der Waals surface area (Å²) in [5.41, 5.74) is 0.00396. The summed E-state index contributed by atoms with van der Waals surface area (Å²) in [6.07, 6.45) is 0.265. The van der Waals surface area contributed by atoms with E-state index in [1.165, 1.54) is 6.07 Å². The van der Waals surface area contributed by atoms with Crippen LogP contribution in [0, 0.1) is 5.82 Å². The summed E-state index contributed by atoms with van der Waals surface area (Å²) in [6.45, 7) is 11.4. The zero-order chi connectivity index (χ0) is 19.1. The van der Waals surface area contributed by atoms with Gasteiger partial charge in [0.2, 0.25) is 5.91 Å². The fraction of sp³-hybridized carbons (Fsp3) is 0.632. The van der Waals surface area contributed by atoms with Gasteiger partial charge in [-0.2, -0.15) is 0 Å². The van der Waals surface area contributed by atoms with E-state index >= 15 is 0 Å². The van der Waals surface area contributed by atoms with Crippen LogP contribution in [0.1, 0.15) is 40.2 Å². The SMILES string of the molecule is CC1CN(C(=O)Cc2ccc(F)c(B3OC(C)(C)C(C)(C)O3)c2)CCO1. The number of ether oxygens (including phenoxy) is 1. The number of amides is 1. The number of rotatable bonds is 3. The van der Waals surface area contributed by atoms with Gasteiger partial charge in [0.1, 0.15) is 5.82 Å². The lowest BCUT2D eigenvalue weighted by Crippen LogP contribution is -2.45. The van der Waals surface area contributed by atoms with E-state index in [2.05, 4.69) is 0 Å². The van der Waals surface area contributed by atoms with Crippen LogP contribution in [-0.4, -0.2) is 54.9 Å². The molecular weight excluding hydrogens is 336 g/mol. The van der Waals surface area contributed by atoms with Crippen LogP contribution in [-0.2, 0) is 25.3 Å². The maximum absolute atomic E-state index is 14.4. The number of benzene rings is 1. The molecule has 0 saturated carbocycles. The number of hydrogen-bond acceptors (Lipinski definition) is 4. The van der Waals surface area contributed by atoms with Crippen molar-refractivity contribution in [2.24, 2.45) is 0 Å². The molecule has 1 unspecified atom stereocenters. The first-order valence-electron chi connectivity index (χ1n) is 9.12. The van der Waals surface area contributed by atoms with Crippen molar-refractivity contribution in [1.29, 1.82) is 0 Å². The van der Waals surface area contributed by atoms with Crippen LogP contribution in [0.15, 0.2) is 18.2 Å². The van der Waals surface area contributed by atoms with Gasteiger partial charge in [0.05, 0.1) is 30.3 Å². The number of carbonyl (C=O) groups excluding carboxylic acids is 1. The molecule has 0 aromatic heterocycles. The summed E-state index contributed by atoms with van der Waals surface area (Å²) in [4.78, 5) is 14.3. The Labute approximate surface area is 154 Å². The van der Waals surface area contributed by atoms with Crippen LogP contribution >= 0.6 is 0 Å². The van der Waals surface area contributed by atoms with Crippen LogP contribution in [0.5, 0.6) is 0 Å². The molecule has 2 fully saturated rings. The predicted octanol–water partition coefficient (Wildman–Crippen LogP) is 1.91. The number of carbonyl (C=O) groups is 1. The van der Waals surface area contributed by atoms with Crippen LogP contribution in [0.25, 0.3) is 0 Å². The van der Waals surface area contributed by atoms with Gasteiger partial charge in [0, 0.05) is 18.6 Å². The molecule has 2 aliphatic heterocycles. The summed E-state index contributed by atoms with van der Waals surface area (Å²) in [6, 6.07) is 4.70. The molecule has 26 heavy (non-hydrogen) atoms. The molecule has 5 nitrogen and oxygen atoms in total. The molecule has 1 aromatic rings. The Bertz CT molecular complexity index is 678. The van der Waals surface area contributed by atoms with Crippen molar-refractivity contribution in [1.82, 2.24) is 4.90 Å². The van der Waals surface area contributed by atoms with E-state index < -0.39 is 18.3 Å². The van der Waals surface area contributed by atoms with Crippen molar-refractivity contribution in [2.45, 2.75) is 58.3 Å². The van der Waals surface area contributed by atoms with Crippen LogP contribution in [0.2, 0.25) is 0 Å². The standard InChI is InChI=1S/C19H27BFNO4/c1-13-12-22(8-9-24-13)17(23)11-14-6-7-16(21)15(10-14)20-25-18(2,3)19(4,5)26-20/h6-7,10,13H,8-9,11-12H2,1-5H3. The minimum atomic E-state index is -0.779. The first-order valence-corrected chi connectivity index (χ1v) is 9.12. The van der Waals surface area contributed by atoms with Crippen molar-refractivity contribution in [2.75, 3.05) is 19.7 Å². The summed E-state index contributed by atoms with van der Waals surface area (Å²) in [7, 11) is -0.779. The molecule has 7 heteroatoms. The molecular formula is C19H27BFNO4. The summed E-state index contributed by atoms with van der Waals surface area (Å²) >= 11 is 0. The Hall–Kier alpha value is -1.44. The third-order valence-corrected chi connectivity index (χ3v) is 5.52. The zero-order valence-electron chi connectivity index (χ0n) is 16.2. The van der Waals surface area contributed by atoms with Crippen molar-refractivity contribution >= 4 is 18.5 Å². The van der Waals surface area contributed by atoms with Gasteiger partial charge in [0.25, 0.3) is 0 Å². The van der Waals surface area contributed by atoms with Crippen LogP contribution < -0.4 is 5.46 Å². The Balaban J connectivity index is 1.75. The van der Waals surface area contributed by atoms with Gasteiger partial charge in [-0.1, -0.05) is 12.1 Å². The lowest BCUT2D eigenvalue weighted by Gasteiger charge is -2.32. The molecule has 2 heterocycles. The van der Waals surface area contributed by atoms with Gasteiger partial charge in [0.15, 0.2) is 0 Å². The number of hydrogen-bond donors (Lipinski definition) is 0. The summed E-state index contributed by atoms with van der Waals surface area (Å²) < 4.78 is 31.8. The van der Waals surface area contributed by atoms with Crippen molar-refractivity contribution in [3.05, 3.63) is 29.6 Å². The lowest BCUT2D eigenvalue weighted by molar-refractivity contribution is -0.137. The Kier molecular flexibility index (Phi) is 5.16. The van der Waals surface area contributed by atoms with Gasteiger partial charge in [-0.3, -0.25) is 4.79 Å². The number of morpholine rings is 1. The smallest absolute Gasteiger partial charge is 0.399 e. The average molecular weight is 363 g/mol. The molecule has 142 valence electrons. The molecule has 3 rings (SSSR count). The topological polar surface area (TPSA) is 48.0 Å². The highest BCUT2D eigenvalue weighted by molar-refractivity contribution is 6.62. The minimum Gasteiger partial charge on any atom is -0.399 e. The fourth-order valence-corrected chi connectivity index (χ4v) is 3.19. The first kappa shape index (κ1) is 19.3. The normalized spacial score (nSPS) is 24.8. The monoisotopic (exact) mass is 363 g/mol. The van der Waals surface area contributed by atoms with E-state index in [0.717, 1.165) is 5.56 Å². The maximum Gasteiger partial charge on any atom is 0.497 e. The van der Waals surface area contributed by atoms with E-state index in [4.69, 9.17) is 14.0 Å². The molecule has 1 amide bonds. The maximum atomic E-state index is 14.4. The molecule has 1 aromatic carbocycles. The molecule has 0 N–H and O–H groups in total. The minimum absolute atomic E-state index is 0.0200. The summed E-state index contributed by atoms with van der Waals surface area (Å²) in [5.74, 6) is -0.369. The van der Waals surface area contributed by atoms with E-state index in [0.29, 0.717) is 25.2 Å². The highest BCUT2D eigenvalue weighted by atomic mass is 19.1. The summed E-state index contributed by atoms with van der Waals surface area (Å²) in [5, 5.41) is 0. The van der Waals surface area contributed by atoms with Gasteiger partial charge < -0.3 is 18.9 Å². The number of halogens is 1. The third kappa shape index (κ3) is 3.80. The largest absolute Gasteiger partial charge is 0.497 e. The molecule has 2 aliphatic rings. The molecule has 0 spiro atoms. The van der Waals surface area contributed by atoms with Crippen molar-refractivity contribution in [3.63, 3.8) is 0 Å². The van der Waals surface area contributed by atoms with E-state index in [1.54, 1.807) is 17.0 Å². The molecule has 0 bridgehead atoms. The second-order valence-corrected chi connectivity index (χ2v) is 8.14. The predicted molar refractivity (Wildman–Crippen MR) is 97.8 cm³/mol. The Morgan fingerprint density at radius 3 is 2.54 bits per heavy atom. The highest BCUT2D eigenvalue weighted by Crippen LogP contribution is 2.36. The van der Waals surface area contributed by atoms with Crippen molar-refractivity contribution in [3.8, 4) is 0 Å². The fourth-order valence-electron chi connectivity index (χ4n) is 3.19. The van der Waals surface area contributed by atoms with Crippen molar-refractivity contribution < 1.29 is 23.2 Å². The van der Waals surface area contributed by atoms with E-state index in [1.807, 2.05) is 34.6 Å². The van der Waals surface area contributed by atoms with Gasteiger partial charge in [-0.15, -0.1) is 0 Å². The quantitative estimate of drug-likeness (QED) is 0.770. The van der Waals surface area contributed by atoms with E-state index in [9.17, 15) is 9.18 Å². The van der Waals surface area contributed by atoms with Gasteiger partial charge >= 0.3 is 7.12 Å². The number of nitrogens with zero attached hydrogens (tertiary/aromatic N) is 1. The van der Waals surface area contributed by atoms with Gasteiger partial charge in [-0.05, 0) is 46.2 Å². The molecule has 2 saturated heterocycles. The Morgan fingerprint density at radius 2 is 1.92 bits per heavy atom. The molecule has 1 atom stereocenters. The molecule has 0 radical (unpaired) electrons. The van der Waals surface area contributed by atoms with Gasteiger partial charge in [-0.25, -0.2) is 4.39 Å². The highest BCUT2D eigenvalue weighted by Gasteiger charge is 2.52. The lowest BCUT2D eigenvalue weighted by atomic mass is 9.77. The third-order valence-electron chi connectivity index (χ3n) is 5.52. The van der Waals surface area contributed by atoms with Crippen LogP contribution in [0.4, 0.5) is 4.39 Å².